The SMILES string of the molecule is N#CCC(=O)N1CCN(c2ccnc3[nH]ccc23)CC12CC2. The van der Waals surface area contributed by atoms with Crippen molar-refractivity contribution in [1.82, 2.24) is 14.9 Å². The number of fused-ring (bicyclic) bond motifs is 1. The quantitative estimate of drug-likeness (QED) is 0.914. The Morgan fingerprint density at radius 2 is 2.27 bits per heavy atom. The number of hydrogen-bond acceptors (Lipinski definition) is 4. The molecule has 2 aliphatic rings. The lowest BCUT2D eigenvalue weighted by Gasteiger charge is -2.43. The van der Waals surface area contributed by atoms with Crippen LogP contribution >= 0.6 is 0 Å². The van der Waals surface area contributed by atoms with Gasteiger partial charge in [0.1, 0.15) is 12.1 Å². The molecule has 1 saturated heterocycles. The molecule has 0 atom stereocenters. The van der Waals surface area contributed by atoms with Crippen LogP contribution in [-0.2, 0) is 4.79 Å². The van der Waals surface area contributed by atoms with Crippen LogP contribution in [0.1, 0.15) is 19.3 Å². The van der Waals surface area contributed by atoms with Gasteiger partial charge in [-0.15, -0.1) is 0 Å². The molecule has 1 aliphatic carbocycles. The molecule has 1 aliphatic heterocycles. The number of anilines is 1. The van der Waals surface area contributed by atoms with Gasteiger partial charge in [0.05, 0.1) is 11.6 Å². The molecule has 0 radical (unpaired) electrons. The molecule has 0 unspecified atom stereocenters. The fraction of sp³-hybridized carbons (Fsp3) is 0.438. The molecule has 6 heteroatoms. The number of hydrogen-bond donors (Lipinski definition) is 1. The van der Waals surface area contributed by atoms with Crippen molar-refractivity contribution in [3.63, 3.8) is 0 Å². The summed E-state index contributed by atoms with van der Waals surface area (Å²) in [5.74, 6) is -0.0267. The van der Waals surface area contributed by atoms with Gasteiger partial charge in [0.25, 0.3) is 0 Å². The number of H-pyrrole nitrogens is 1. The molecule has 2 aromatic rings. The first kappa shape index (κ1) is 13.1. The van der Waals surface area contributed by atoms with Crippen molar-refractivity contribution in [2.24, 2.45) is 0 Å². The second kappa shape index (κ2) is 4.73. The van der Waals surface area contributed by atoms with Gasteiger partial charge in [-0.1, -0.05) is 0 Å². The molecule has 112 valence electrons. The molecule has 2 aromatic heterocycles. The summed E-state index contributed by atoms with van der Waals surface area (Å²) >= 11 is 0. The first-order valence-electron chi connectivity index (χ1n) is 7.58. The molecule has 2 fully saturated rings. The van der Waals surface area contributed by atoms with Crippen molar-refractivity contribution in [3.8, 4) is 6.07 Å². The van der Waals surface area contributed by atoms with Crippen LogP contribution in [-0.4, -0.2) is 45.9 Å². The van der Waals surface area contributed by atoms with Crippen molar-refractivity contribution in [2.45, 2.75) is 24.8 Å². The van der Waals surface area contributed by atoms with Gasteiger partial charge in [-0.05, 0) is 25.0 Å². The van der Waals surface area contributed by atoms with Gasteiger partial charge in [0, 0.05) is 43.1 Å². The normalized spacial score (nSPS) is 19.4. The molecule has 1 N–H and O–H groups in total. The second-order valence-electron chi connectivity index (χ2n) is 6.10. The molecular weight excluding hydrogens is 278 g/mol. The third-order valence-electron chi connectivity index (χ3n) is 4.79. The van der Waals surface area contributed by atoms with E-state index in [9.17, 15) is 4.79 Å². The number of nitriles is 1. The third-order valence-corrected chi connectivity index (χ3v) is 4.79. The van der Waals surface area contributed by atoms with Gasteiger partial charge in [-0.2, -0.15) is 5.26 Å². The zero-order valence-corrected chi connectivity index (χ0v) is 12.2. The number of nitrogens with zero attached hydrogens (tertiary/aromatic N) is 4. The van der Waals surface area contributed by atoms with Crippen molar-refractivity contribution in [2.75, 3.05) is 24.5 Å². The lowest BCUT2D eigenvalue weighted by molar-refractivity contribution is -0.133. The molecule has 1 amide bonds. The summed E-state index contributed by atoms with van der Waals surface area (Å²) in [7, 11) is 0. The molecule has 0 bridgehead atoms. The standard InChI is InChI=1S/C16H17N5O/c17-6-1-14(22)21-10-9-20(11-16(21)4-5-16)13-3-8-19-15-12(13)2-7-18-15/h2-3,7-8H,1,4-5,9-11H2,(H,18,19). The lowest BCUT2D eigenvalue weighted by atomic mass is 10.1. The summed E-state index contributed by atoms with van der Waals surface area (Å²) in [6, 6.07) is 6.06. The zero-order chi connectivity index (χ0) is 15.2. The smallest absolute Gasteiger partial charge is 0.237 e. The summed E-state index contributed by atoms with van der Waals surface area (Å²) in [4.78, 5) is 23.9. The Morgan fingerprint density at radius 1 is 1.41 bits per heavy atom. The largest absolute Gasteiger partial charge is 0.367 e. The molecule has 3 heterocycles. The van der Waals surface area contributed by atoms with E-state index < -0.39 is 0 Å². The monoisotopic (exact) mass is 295 g/mol. The summed E-state index contributed by atoms with van der Waals surface area (Å²) in [5.41, 5.74) is 2.01. The first-order valence-corrected chi connectivity index (χ1v) is 7.58. The molecule has 1 spiro atoms. The Morgan fingerprint density at radius 3 is 3.05 bits per heavy atom. The van der Waals surface area contributed by atoms with E-state index in [2.05, 4.69) is 14.9 Å². The Bertz CT molecular complexity index is 770. The zero-order valence-electron chi connectivity index (χ0n) is 12.2. The molecule has 6 nitrogen and oxygen atoms in total. The minimum atomic E-state index is -0.0575. The van der Waals surface area contributed by atoms with E-state index in [4.69, 9.17) is 5.26 Å². The van der Waals surface area contributed by atoms with Crippen LogP contribution in [0.4, 0.5) is 5.69 Å². The highest BCUT2D eigenvalue weighted by atomic mass is 16.2. The maximum Gasteiger partial charge on any atom is 0.237 e. The van der Waals surface area contributed by atoms with Gasteiger partial charge in [0.15, 0.2) is 0 Å². The molecule has 0 aromatic carbocycles. The molecule has 1 saturated carbocycles. The van der Waals surface area contributed by atoms with Gasteiger partial charge in [-0.25, -0.2) is 4.98 Å². The minimum Gasteiger partial charge on any atom is -0.367 e. The third kappa shape index (κ3) is 1.93. The number of aromatic amines is 1. The van der Waals surface area contributed by atoms with E-state index in [-0.39, 0.29) is 17.9 Å². The van der Waals surface area contributed by atoms with Crippen molar-refractivity contribution >= 4 is 22.6 Å². The van der Waals surface area contributed by atoms with Crippen LogP contribution in [0.15, 0.2) is 24.5 Å². The van der Waals surface area contributed by atoms with Gasteiger partial charge in [-0.3, -0.25) is 4.79 Å². The van der Waals surface area contributed by atoms with Crippen molar-refractivity contribution < 1.29 is 4.79 Å². The molecule has 22 heavy (non-hydrogen) atoms. The van der Waals surface area contributed by atoms with Crippen LogP contribution in [0.2, 0.25) is 0 Å². The van der Waals surface area contributed by atoms with Crippen molar-refractivity contribution in [1.29, 1.82) is 5.26 Å². The van der Waals surface area contributed by atoms with E-state index in [0.29, 0.717) is 6.54 Å². The average molecular weight is 295 g/mol. The first-order chi connectivity index (χ1) is 10.7. The number of pyridine rings is 1. The van der Waals surface area contributed by atoms with Crippen LogP contribution in [0.3, 0.4) is 0 Å². The number of nitrogens with one attached hydrogen (secondary N) is 1. The summed E-state index contributed by atoms with van der Waals surface area (Å²) in [5, 5.41) is 9.88. The highest BCUT2D eigenvalue weighted by Gasteiger charge is 2.53. The van der Waals surface area contributed by atoms with Crippen LogP contribution in [0.25, 0.3) is 11.0 Å². The summed E-state index contributed by atoms with van der Waals surface area (Å²) < 4.78 is 0. The van der Waals surface area contributed by atoms with E-state index >= 15 is 0 Å². The Hall–Kier alpha value is -2.55. The van der Waals surface area contributed by atoms with Crippen LogP contribution in [0.5, 0.6) is 0 Å². The number of aromatic nitrogens is 2. The number of piperazine rings is 1. The van der Waals surface area contributed by atoms with Gasteiger partial charge < -0.3 is 14.8 Å². The predicted molar refractivity (Wildman–Crippen MR) is 82.2 cm³/mol. The summed E-state index contributed by atoms with van der Waals surface area (Å²) in [6.07, 6.45) is 5.77. The number of amides is 1. The molecular formula is C16H17N5O. The highest BCUT2D eigenvalue weighted by Crippen LogP contribution is 2.45. The van der Waals surface area contributed by atoms with E-state index in [1.807, 2.05) is 35.5 Å². The van der Waals surface area contributed by atoms with E-state index in [1.165, 1.54) is 5.69 Å². The minimum absolute atomic E-state index is 0.0148. The van der Waals surface area contributed by atoms with Gasteiger partial charge >= 0.3 is 0 Å². The maximum atomic E-state index is 12.1. The average Bonchev–Trinajstić information content (AvgIpc) is 3.11. The maximum absolute atomic E-state index is 12.1. The van der Waals surface area contributed by atoms with Crippen LogP contribution in [0, 0.1) is 11.3 Å². The fourth-order valence-corrected chi connectivity index (χ4v) is 3.53. The number of carbonyl (C=O) groups is 1. The van der Waals surface area contributed by atoms with Crippen molar-refractivity contribution in [3.05, 3.63) is 24.5 Å². The Labute approximate surface area is 128 Å². The van der Waals surface area contributed by atoms with E-state index in [1.54, 1.807) is 0 Å². The summed E-state index contributed by atoms with van der Waals surface area (Å²) in [6.45, 7) is 2.33. The Balaban J connectivity index is 1.61. The Kier molecular flexibility index (Phi) is 2.83. The van der Waals surface area contributed by atoms with E-state index in [0.717, 1.165) is 37.0 Å². The highest BCUT2D eigenvalue weighted by molar-refractivity contribution is 5.90. The van der Waals surface area contributed by atoms with Gasteiger partial charge in [0.2, 0.25) is 5.91 Å². The molecule has 4 rings (SSSR count). The number of carbonyl (C=O) groups excluding carboxylic acids is 1. The second-order valence-corrected chi connectivity index (χ2v) is 6.10. The fourth-order valence-electron chi connectivity index (χ4n) is 3.53. The van der Waals surface area contributed by atoms with Crippen LogP contribution < -0.4 is 4.90 Å². The lowest BCUT2D eigenvalue weighted by Crippen LogP contribution is -2.57. The predicted octanol–water partition coefficient (Wildman–Crippen LogP) is 1.66. The number of rotatable bonds is 2. The topological polar surface area (TPSA) is 76.0 Å².